The minimum absolute atomic E-state index is 0.256. The van der Waals surface area contributed by atoms with Crippen molar-refractivity contribution in [3.8, 4) is 0 Å². The van der Waals surface area contributed by atoms with Gasteiger partial charge in [-0.1, -0.05) is 0 Å². The third-order valence-electron chi connectivity index (χ3n) is 5.77. The molecule has 0 radical (unpaired) electrons. The molecule has 0 spiro atoms. The number of rotatable bonds is 15. The molecular formula is C17H6F29NO2. The Morgan fingerprint density at radius 2 is 0.531 bits per heavy atom. The third kappa shape index (κ3) is 5.53. The first-order chi connectivity index (χ1) is 20.7. The molecule has 0 aliphatic carbocycles. The van der Waals surface area contributed by atoms with Gasteiger partial charge in [0.05, 0.1) is 6.61 Å². The van der Waals surface area contributed by atoms with Crippen LogP contribution in [0.2, 0.25) is 0 Å². The van der Waals surface area contributed by atoms with Crippen molar-refractivity contribution in [1.82, 2.24) is 5.32 Å². The molecule has 0 atom stereocenters. The van der Waals surface area contributed by atoms with Gasteiger partial charge in [-0.15, -0.1) is 0 Å². The van der Waals surface area contributed by atoms with Crippen LogP contribution in [0.15, 0.2) is 0 Å². The smallest absolute Gasteiger partial charge is 0.395 e. The SMILES string of the molecule is O=C(NCCO)C(F)(F)C(F)(F)C(F)(F)C(F)(F)C(F)(F)C(F)(F)C(F)(F)C(F)(F)C(F)(F)C(F)(F)C(F)(F)C(F)(F)C(F)(F)C(F)(F)F. The van der Waals surface area contributed by atoms with E-state index in [1.54, 1.807) is 0 Å². The minimum Gasteiger partial charge on any atom is -0.395 e. The van der Waals surface area contributed by atoms with E-state index in [0.717, 1.165) is 0 Å². The van der Waals surface area contributed by atoms with E-state index in [2.05, 4.69) is 0 Å². The second kappa shape index (κ2) is 11.7. The fourth-order valence-corrected chi connectivity index (χ4v) is 2.77. The predicted molar refractivity (Wildman–Crippen MR) is 90.5 cm³/mol. The lowest BCUT2D eigenvalue weighted by Crippen LogP contribution is -2.79. The van der Waals surface area contributed by atoms with E-state index in [-0.39, 0.29) is 5.32 Å². The fraction of sp³-hybridized carbons (Fsp3) is 0.941. The van der Waals surface area contributed by atoms with Gasteiger partial charge in [0.15, 0.2) is 0 Å². The number of hydrogen-bond donors (Lipinski definition) is 2. The van der Waals surface area contributed by atoms with Crippen LogP contribution in [0.4, 0.5) is 127 Å². The van der Waals surface area contributed by atoms with Crippen LogP contribution in [-0.4, -0.2) is 107 Å². The van der Waals surface area contributed by atoms with Crippen LogP contribution in [0.1, 0.15) is 0 Å². The molecule has 0 aromatic heterocycles. The summed E-state index contributed by atoms with van der Waals surface area (Å²) in [6.45, 7) is -3.38. The Hall–Kier alpha value is -2.60. The number of nitrogens with one attached hydrogen (secondary N) is 1. The van der Waals surface area contributed by atoms with Crippen molar-refractivity contribution in [1.29, 1.82) is 0 Å². The predicted octanol–water partition coefficient (Wildman–Crippen LogP) is 7.92. The number of amides is 1. The number of carbonyl (C=O) groups excluding carboxylic acids is 1. The lowest BCUT2D eigenvalue weighted by atomic mass is 9.83. The van der Waals surface area contributed by atoms with E-state index < -0.39 is 102 Å². The Bertz CT molecular complexity index is 1210. The van der Waals surface area contributed by atoms with Gasteiger partial charge in [0, 0.05) is 6.54 Å². The van der Waals surface area contributed by atoms with Crippen LogP contribution in [0.5, 0.6) is 0 Å². The maximum Gasteiger partial charge on any atom is 0.460 e. The molecule has 2 N–H and O–H groups in total. The molecule has 1 amide bonds. The quantitative estimate of drug-likeness (QED) is 0.166. The Balaban J connectivity index is 7.53. The van der Waals surface area contributed by atoms with Crippen molar-refractivity contribution in [2.24, 2.45) is 0 Å². The molecule has 0 bridgehead atoms. The summed E-state index contributed by atoms with van der Waals surface area (Å²) in [4.78, 5) is 10.9. The maximum absolute atomic E-state index is 13.8. The molecule has 0 saturated heterocycles. The lowest BCUT2D eigenvalue weighted by Gasteiger charge is -2.46. The average molecular weight is 807 g/mol. The van der Waals surface area contributed by atoms with Crippen molar-refractivity contribution in [2.45, 2.75) is 83.2 Å². The van der Waals surface area contributed by atoms with Gasteiger partial charge >= 0.3 is 83.2 Å². The van der Waals surface area contributed by atoms with Gasteiger partial charge < -0.3 is 10.4 Å². The number of halogens is 29. The van der Waals surface area contributed by atoms with Gasteiger partial charge in [0.1, 0.15) is 0 Å². The van der Waals surface area contributed by atoms with Gasteiger partial charge in [-0.2, -0.15) is 127 Å². The Kier molecular flexibility index (Phi) is 11.1. The third-order valence-corrected chi connectivity index (χ3v) is 5.77. The molecule has 0 aliphatic rings. The van der Waals surface area contributed by atoms with Crippen LogP contribution in [0, 0.1) is 0 Å². The molecule has 0 aliphatic heterocycles. The van der Waals surface area contributed by atoms with Crippen LogP contribution >= 0.6 is 0 Å². The zero-order valence-electron chi connectivity index (χ0n) is 21.2. The number of alkyl halides is 29. The van der Waals surface area contributed by atoms with E-state index in [0.29, 0.717) is 0 Å². The molecule has 0 aromatic rings. The number of aliphatic hydroxyl groups excluding tert-OH is 1. The molecule has 0 saturated carbocycles. The van der Waals surface area contributed by atoms with Crippen molar-refractivity contribution in [2.75, 3.05) is 13.2 Å². The van der Waals surface area contributed by atoms with E-state index >= 15 is 0 Å². The summed E-state index contributed by atoms with van der Waals surface area (Å²) in [7, 11) is 0. The summed E-state index contributed by atoms with van der Waals surface area (Å²) in [6.07, 6.45) is -8.32. The zero-order valence-corrected chi connectivity index (χ0v) is 21.2. The van der Waals surface area contributed by atoms with Gasteiger partial charge in [0.2, 0.25) is 0 Å². The minimum atomic E-state index is -10.00. The summed E-state index contributed by atoms with van der Waals surface area (Å²) >= 11 is 0. The van der Waals surface area contributed by atoms with Gasteiger partial charge in [-0.3, -0.25) is 4.79 Å². The Labute approximate surface area is 246 Å². The van der Waals surface area contributed by atoms with Crippen molar-refractivity contribution in [3.05, 3.63) is 0 Å². The summed E-state index contributed by atoms with van der Waals surface area (Å²) in [5.74, 6) is -126. The number of carbonyl (C=O) groups is 1. The average Bonchev–Trinajstić information content (AvgIpc) is 2.89. The normalized spacial score (nSPS) is 16.6. The van der Waals surface area contributed by atoms with Crippen LogP contribution in [0.25, 0.3) is 0 Å². The standard InChI is InChI=1S/C17H6F29NO2/c18-4(19,3(49)47-1-2-48)5(20,21)6(22,23)7(24,25)8(26,27)9(28,29)10(30,31)11(32,33)12(34,35)13(36,37)14(38,39)15(40,41)16(42,43)17(44,45)46/h48H,1-2H2,(H,47,49). The highest BCUT2D eigenvalue weighted by Crippen LogP contribution is 2.68. The summed E-state index contributed by atoms with van der Waals surface area (Å²) in [6, 6.07) is 0. The molecule has 32 heteroatoms. The summed E-state index contributed by atoms with van der Waals surface area (Å²) in [5.41, 5.74) is 0. The van der Waals surface area contributed by atoms with E-state index in [4.69, 9.17) is 5.11 Å². The first kappa shape index (κ1) is 46.4. The van der Waals surface area contributed by atoms with Gasteiger partial charge in [0.25, 0.3) is 5.91 Å². The second-order valence-corrected chi connectivity index (χ2v) is 8.94. The van der Waals surface area contributed by atoms with Crippen molar-refractivity contribution >= 4 is 5.91 Å². The molecule has 49 heavy (non-hydrogen) atoms. The Morgan fingerprint density at radius 1 is 0.347 bits per heavy atom. The monoisotopic (exact) mass is 807 g/mol. The highest BCUT2D eigenvalue weighted by Gasteiger charge is 3.01. The lowest BCUT2D eigenvalue weighted by molar-refractivity contribution is -0.486. The molecular weight excluding hydrogens is 801 g/mol. The molecule has 0 rings (SSSR count). The maximum atomic E-state index is 13.8. The van der Waals surface area contributed by atoms with Gasteiger partial charge in [-0.05, 0) is 0 Å². The molecule has 0 fully saturated rings. The zero-order chi connectivity index (χ0) is 40.7. The van der Waals surface area contributed by atoms with E-state index in [9.17, 15) is 132 Å². The first-order valence-corrected chi connectivity index (χ1v) is 10.6. The first-order valence-electron chi connectivity index (χ1n) is 10.6. The summed E-state index contributed by atoms with van der Waals surface area (Å²) < 4.78 is 388. The number of hydrogen-bond acceptors (Lipinski definition) is 2. The molecule has 3 nitrogen and oxygen atoms in total. The van der Waals surface area contributed by atoms with Crippen LogP contribution < -0.4 is 5.32 Å². The van der Waals surface area contributed by atoms with Crippen molar-refractivity contribution < 1.29 is 137 Å². The molecule has 294 valence electrons. The highest BCUT2D eigenvalue weighted by molar-refractivity contribution is 5.84. The fourth-order valence-electron chi connectivity index (χ4n) is 2.77. The largest absolute Gasteiger partial charge is 0.460 e. The topological polar surface area (TPSA) is 49.3 Å². The van der Waals surface area contributed by atoms with Crippen LogP contribution in [0.3, 0.4) is 0 Å². The Morgan fingerprint density at radius 3 is 0.714 bits per heavy atom. The molecule has 0 unspecified atom stereocenters. The second-order valence-electron chi connectivity index (χ2n) is 8.94. The van der Waals surface area contributed by atoms with Crippen LogP contribution in [-0.2, 0) is 4.79 Å². The number of aliphatic hydroxyl groups is 1. The summed E-state index contributed by atoms with van der Waals surface area (Å²) in [5, 5.41) is 8.44. The van der Waals surface area contributed by atoms with Crippen molar-refractivity contribution in [3.63, 3.8) is 0 Å². The van der Waals surface area contributed by atoms with E-state index in [1.807, 2.05) is 0 Å². The highest BCUT2D eigenvalue weighted by atomic mass is 19.4. The molecule has 0 aromatic carbocycles. The van der Waals surface area contributed by atoms with Gasteiger partial charge in [-0.25, -0.2) is 0 Å². The molecule has 0 heterocycles. The van der Waals surface area contributed by atoms with E-state index in [1.165, 1.54) is 0 Å².